The minimum Gasteiger partial charge on any atom is -0.338 e. The van der Waals surface area contributed by atoms with E-state index in [1.54, 1.807) is 0 Å². The van der Waals surface area contributed by atoms with Crippen molar-refractivity contribution in [3.8, 4) is 0 Å². The van der Waals surface area contributed by atoms with Gasteiger partial charge in [-0.15, -0.1) is 0 Å². The number of carbonyl (C=O) groups excluding carboxylic acids is 2. The molecule has 20 heavy (non-hydrogen) atoms. The smallest absolute Gasteiger partial charge is 0.321 e. The number of hydrogen-bond acceptors (Lipinski definition) is 5. The maximum atomic E-state index is 12.0. The van der Waals surface area contributed by atoms with Crippen LogP contribution in [0.15, 0.2) is 0 Å². The van der Waals surface area contributed by atoms with Crippen molar-refractivity contribution in [3.05, 3.63) is 0 Å². The third-order valence-electron chi connectivity index (χ3n) is 4.13. The first-order valence-electron chi connectivity index (χ1n) is 7.39. The van der Waals surface area contributed by atoms with Crippen LogP contribution in [0.5, 0.6) is 0 Å². The Hall–Kier alpha value is -1.18. The summed E-state index contributed by atoms with van der Waals surface area (Å²) in [5, 5.41) is 8.23. The van der Waals surface area contributed by atoms with Gasteiger partial charge in [-0.2, -0.15) is 0 Å². The molecule has 114 valence electrons. The van der Waals surface area contributed by atoms with Crippen LogP contribution in [0.2, 0.25) is 0 Å². The van der Waals surface area contributed by atoms with E-state index >= 15 is 0 Å². The molecule has 2 aliphatic rings. The quantitative estimate of drug-likeness (QED) is 0.605. The van der Waals surface area contributed by atoms with E-state index in [0.717, 1.165) is 39.3 Å². The molecule has 0 aromatic carbocycles. The Bertz CT molecular complexity index is 351. The number of carbonyl (C=O) groups is 2. The second-order valence-electron chi connectivity index (χ2n) is 5.41. The van der Waals surface area contributed by atoms with Crippen LogP contribution >= 0.6 is 0 Å². The number of hydrogen-bond donors (Lipinski definition) is 3. The fourth-order valence-corrected chi connectivity index (χ4v) is 2.61. The zero-order chi connectivity index (χ0) is 14.5. The maximum Gasteiger partial charge on any atom is 0.321 e. The van der Waals surface area contributed by atoms with E-state index in [1.807, 2.05) is 13.8 Å². The van der Waals surface area contributed by atoms with Crippen LogP contribution in [0.3, 0.4) is 0 Å². The van der Waals surface area contributed by atoms with Crippen molar-refractivity contribution in [1.82, 2.24) is 25.8 Å². The molecular formula is C13H25N5O2. The SMILES string of the molecule is CCNC(=O)NC(=O)C(C)N1CCN(C2CNC2)CC1. The fraction of sp³-hybridized carbons (Fsp3) is 0.846. The molecule has 0 aliphatic carbocycles. The minimum atomic E-state index is -0.413. The van der Waals surface area contributed by atoms with Crippen LogP contribution in [-0.2, 0) is 4.79 Å². The van der Waals surface area contributed by atoms with Crippen molar-refractivity contribution in [3.63, 3.8) is 0 Å². The van der Waals surface area contributed by atoms with Crippen molar-refractivity contribution in [1.29, 1.82) is 0 Å². The lowest BCUT2D eigenvalue weighted by molar-refractivity contribution is -0.125. The highest BCUT2D eigenvalue weighted by molar-refractivity contribution is 5.96. The summed E-state index contributed by atoms with van der Waals surface area (Å²) < 4.78 is 0. The highest BCUT2D eigenvalue weighted by atomic mass is 16.2. The van der Waals surface area contributed by atoms with Gasteiger partial charge in [-0.05, 0) is 13.8 Å². The van der Waals surface area contributed by atoms with Gasteiger partial charge in [0.1, 0.15) is 0 Å². The van der Waals surface area contributed by atoms with Gasteiger partial charge >= 0.3 is 6.03 Å². The normalized spacial score (nSPS) is 22.9. The maximum absolute atomic E-state index is 12.0. The van der Waals surface area contributed by atoms with Gasteiger partial charge in [-0.25, -0.2) is 4.79 Å². The minimum absolute atomic E-state index is 0.227. The molecule has 2 saturated heterocycles. The van der Waals surface area contributed by atoms with Gasteiger partial charge in [-0.3, -0.25) is 19.9 Å². The lowest BCUT2D eigenvalue weighted by Crippen LogP contribution is -2.63. The van der Waals surface area contributed by atoms with Crippen LogP contribution in [-0.4, -0.2) is 79.6 Å². The average molecular weight is 283 g/mol. The molecule has 0 radical (unpaired) electrons. The van der Waals surface area contributed by atoms with Crippen LogP contribution in [0, 0.1) is 0 Å². The highest BCUT2D eigenvalue weighted by Gasteiger charge is 2.31. The molecular weight excluding hydrogens is 258 g/mol. The van der Waals surface area contributed by atoms with E-state index in [4.69, 9.17) is 0 Å². The van der Waals surface area contributed by atoms with Gasteiger partial charge in [0.2, 0.25) is 5.91 Å². The van der Waals surface area contributed by atoms with E-state index in [9.17, 15) is 9.59 Å². The summed E-state index contributed by atoms with van der Waals surface area (Å²) in [7, 11) is 0. The number of nitrogens with zero attached hydrogens (tertiary/aromatic N) is 2. The molecule has 0 bridgehead atoms. The molecule has 1 atom stereocenters. The summed E-state index contributed by atoms with van der Waals surface area (Å²) in [5.41, 5.74) is 0. The van der Waals surface area contributed by atoms with Crippen LogP contribution in [0.1, 0.15) is 13.8 Å². The number of urea groups is 1. The first-order valence-corrected chi connectivity index (χ1v) is 7.39. The van der Waals surface area contributed by atoms with Crippen molar-refractivity contribution >= 4 is 11.9 Å². The first-order chi connectivity index (χ1) is 9.61. The lowest BCUT2D eigenvalue weighted by atomic mass is 10.1. The summed E-state index contributed by atoms with van der Waals surface area (Å²) >= 11 is 0. The Morgan fingerprint density at radius 1 is 1.25 bits per heavy atom. The second-order valence-corrected chi connectivity index (χ2v) is 5.41. The molecule has 3 amide bonds. The van der Waals surface area contributed by atoms with Gasteiger partial charge in [0.05, 0.1) is 6.04 Å². The predicted molar refractivity (Wildman–Crippen MR) is 76.5 cm³/mol. The molecule has 0 saturated carbocycles. The summed E-state index contributed by atoms with van der Waals surface area (Å²) in [5.74, 6) is -0.227. The van der Waals surface area contributed by atoms with E-state index < -0.39 is 6.03 Å². The highest BCUT2D eigenvalue weighted by Crippen LogP contribution is 2.11. The third kappa shape index (κ3) is 3.68. The van der Waals surface area contributed by atoms with Crippen molar-refractivity contribution in [2.75, 3.05) is 45.8 Å². The summed E-state index contributed by atoms with van der Waals surface area (Å²) in [6.07, 6.45) is 0. The Labute approximate surface area is 120 Å². The largest absolute Gasteiger partial charge is 0.338 e. The summed E-state index contributed by atoms with van der Waals surface area (Å²) in [6.45, 7) is 10.1. The van der Waals surface area contributed by atoms with Crippen LogP contribution in [0.4, 0.5) is 4.79 Å². The molecule has 0 spiro atoms. The summed E-state index contributed by atoms with van der Waals surface area (Å²) in [4.78, 5) is 27.9. The lowest BCUT2D eigenvalue weighted by Gasteiger charge is -2.44. The fourth-order valence-electron chi connectivity index (χ4n) is 2.61. The molecule has 1 unspecified atom stereocenters. The standard InChI is InChI=1S/C13H25N5O2/c1-3-15-13(20)16-12(19)10(2)17-4-6-18(7-5-17)11-8-14-9-11/h10-11,14H,3-9H2,1-2H3,(H2,15,16,19,20). The number of nitrogens with one attached hydrogen (secondary N) is 3. The van der Waals surface area contributed by atoms with Crippen molar-refractivity contribution in [2.45, 2.75) is 25.9 Å². The monoisotopic (exact) mass is 283 g/mol. The van der Waals surface area contributed by atoms with Crippen molar-refractivity contribution < 1.29 is 9.59 Å². The van der Waals surface area contributed by atoms with Crippen LogP contribution < -0.4 is 16.0 Å². The number of piperazine rings is 1. The van der Waals surface area contributed by atoms with Crippen molar-refractivity contribution in [2.24, 2.45) is 0 Å². The molecule has 0 aromatic rings. The van der Waals surface area contributed by atoms with Crippen LogP contribution in [0.25, 0.3) is 0 Å². The Morgan fingerprint density at radius 2 is 1.90 bits per heavy atom. The Kier molecular flexibility index (Phi) is 5.33. The predicted octanol–water partition coefficient (Wildman–Crippen LogP) is -1.19. The number of amides is 3. The van der Waals surface area contributed by atoms with E-state index in [0.29, 0.717) is 12.6 Å². The topological polar surface area (TPSA) is 76.7 Å². The average Bonchev–Trinajstić information content (AvgIpc) is 2.37. The van der Waals surface area contributed by atoms with E-state index in [2.05, 4.69) is 25.8 Å². The van der Waals surface area contributed by atoms with Gasteiger partial charge in [0, 0.05) is 51.9 Å². The third-order valence-corrected chi connectivity index (χ3v) is 4.13. The van der Waals surface area contributed by atoms with Gasteiger partial charge in [-0.1, -0.05) is 0 Å². The van der Waals surface area contributed by atoms with Gasteiger partial charge in [0.25, 0.3) is 0 Å². The molecule has 0 aromatic heterocycles. The molecule has 7 heteroatoms. The van der Waals surface area contributed by atoms with E-state index in [1.165, 1.54) is 0 Å². The zero-order valence-electron chi connectivity index (χ0n) is 12.3. The number of rotatable bonds is 4. The molecule has 7 nitrogen and oxygen atoms in total. The molecule has 3 N–H and O–H groups in total. The molecule has 2 heterocycles. The Balaban J connectivity index is 1.74. The van der Waals surface area contributed by atoms with E-state index in [-0.39, 0.29) is 11.9 Å². The second kappa shape index (κ2) is 7.01. The van der Waals surface area contributed by atoms with Gasteiger partial charge < -0.3 is 10.6 Å². The zero-order valence-corrected chi connectivity index (χ0v) is 12.3. The Morgan fingerprint density at radius 3 is 2.40 bits per heavy atom. The van der Waals surface area contributed by atoms with Gasteiger partial charge in [0.15, 0.2) is 0 Å². The molecule has 2 fully saturated rings. The molecule has 2 rings (SSSR count). The molecule has 2 aliphatic heterocycles. The number of imide groups is 1. The first kappa shape index (κ1) is 15.2. The summed E-state index contributed by atoms with van der Waals surface area (Å²) in [6, 6.07) is -0.0144.